The molecule has 0 aliphatic rings. The maximum Gasteiger partial charge on any atom is 0.137 e. The second-order valence-electron chi connectivity index (χ2n) is 3.50. The Hall–Kier alpha value is -1.90. The zero-order chi connectivity index (χ0) is 12.1. The van der Waals surface area contributed by atoms with E-state index in [0.29, 0.717) is 13.2 Å². The van der Waals surface area contributed by atoms with Gasteiger partial charge in [0.25, 0.3) is 0 Å². The van der Waals surface area contributed by atoms with E-state index in [-0.39, 0.29) is 0 Å². The van der Waals surface area contributed by atoms with Crippen LogP contribution < -0.4 is 9.47 Å². The first-order valence-electron chi connectivity index (χ1n) is 5.78. The van der Waals surface area contributed by atoms with Crippen molar-refractivity contribution in [2.45, 2.75) is 13.8 Å². The highest BCUT2D eigenvalue weighted by Crippen LogP contribution is 2.33. The lowest BCUT2D eigenvalue weighted by Gasteiger charge is -2.10. The minimum Gasteiger partial charge on any atom is -0.494 e. The average molecular weight is 232 g/mol. The highest BCUT2D eigenvalue weighted by Gasteiger charge is 2.10. The lowest BCUT2D eigenvalue weighted by atomic mass is 10.1. The maximum absolute atomic E-state index is 5.58. The Morgan fingerprint density at radius 1 is 1.06 bits per heavy atom. The Kier molecular flexibility index (Phi) is 3.70. The number of rotatable bonds is 5. The molecule has 0 bridgehead atoms. The molecule has 0 fully saturated rings. The molecule has 90 valence electrons. The van der Waals surface area contributed by atoms with Crippen molar-refractivity contribution >= 4 is 0 Å². The topological polar surface area (TPSA) is 31.6 Å². The van der Waals surface area contributed by atoms with Gasteiger partial charge in [0.15, 0.2) is 0 Å². The predicted molar refractivity (Wildman–Crippen MR) is 66.5 cm³/mol. The first-order valence-corrected chi connectivity index (χ1v) is 5.78. The number of hydrogen-bond donors (Lipinski definition) is 0. The molecule has 0 unspecified atom stereocenters. The third kappa shape index (κ3) is 2.61. The van der Waals surface area contributed by atoms with Crippen molar-refractivity contribution in [1.29, 1.82) is 0 Å². The molecule has 17 heavy (non-hydrogen) atoms. The second kappa shape index (κ2) is 5.43. The van der Waals surface area contributed by atoms with Crippen LogP contribution in [0, 0.1) is 0 Å². The molecule has 1 aromatic carbocycles. The average Bonchev–Trinajstić information content (AvgIpc) is 2.85. The van der Waals surface area contributed by atoms with E-state index >= 15 is 0 Å². The molecule has 0 aliphatic heterocycles. The van der Waals surface area contributed by atoms with Crippen LogP contribution in [-0.2, 0) is 0 Å². The monoisotopic (exact) mass is 232 g/mol. The van der Waals surface area contributed by atoms with E-state index in [1.807, 2.05) is 44.2 Å². The van der Waals surface area contributed by atoms with E-state index < -0.39 is 0 Å². The Balaban J connectivity index is 2.40. The van der Waals surface area contributed by atoms with Crippen LogP contribution in [-0.4, -0.2) is 13.2 Å². The van der Waals surface area contributed by atoms with Crippen LogP contribution in [0.15, 0.2) is 41.0 Å². The molecule has 0 saturated carbocycles. The molecule has 1 heterocycles. The molecule has 0 radical (unpaired) electrons. The first kappa shape index (κ1) is 11.6. The fourth-order valence-corrected chi connectivity index (χ4v) is 1.67. The van der Waals surface area contributed by atoms with Crippen LogP contribution in [0.25, 0.3) is 11.3 Å². The molecular formula is C14H16O3. The fourth-order valence-electron chi connectivity index (χ4n) is 1.67. The molecule has 2 rings (SSSR count). The van der Waals surface area contributed by atoms with E-state index in [2.05, 4.69) is 0 Å². The molecule has 2 aromatic rings. The van der Waals surface area contributed by atoms with Gasteiger partial charge in [-0.15, -0.1) is 0 Å². The minimum absolute atomic E-state index is 0.627. The lowest BCUT2D eigenvalue weighted by Crippen LogP contribution is -1.96. The molecule has 0 aliphatic carbocycles. The van der Waals surface area contributed by atoms with E-state index in [4.69, 9.17) is 13.9 Å². The van der Waals surface area contributed by atoms with Crippen molar-refractivity contribution in [2.75, 3.05) is 13.2 Å². The predicted octanol–water partition coefficient (Wildman–Crippen LogP) is 3.74. The van der Waals surface area contributed by atoms with Crippen molar-refractivity contribution in [3.05, 3.63) is 36.6 Å². The Bertz CT molecular complexity index is 460. The Labute approximate surface area is 101 Å². The summed E-state index contributed by atoms with van der Waals surface area (Å²) in [4.78, 5) is 0. The molecule has 3 heteroatoms. The zero-order valence-corrected chi connectivity index (χ0v) is 10.1. The van der Waals surface area contributed by atoms with E-state index in [9.17, 15) is 0 Å². The van der Waals surface area contributed by atoms with Gasteiger partial charge in [-0.25, -0.2) is 0 Å². The maximum atomic E-state index is 5.58. The summed E-state index contributed by atoms with van der Waals surface area (Å²) in [6.45, 7) is 5.19. The molecule has 0 amide bonds. The van der Waals surface area contributed by atoms with Crippen molar-refractivity contribution < 1.29 is 13.9 Å². The number of furan rings is 1. The van der Waals surface area contributed by atoms with Gasteiger partial charge in [-0.2, -0.15) is 0 Å². The van der Waals surface area contributed by atoms with Gasteiger partial charge in [-0.05, 0) is 44.2 Å². The minimum atomic E-state index is 0.627. The van der Waals surface area contributed by atoms with Crippen LogP contribution in [0.5, 0.6) is 11.5 Å². The molecule has 3 nitrogen and oxygen atoms in total. The summed E-state index contributed by atoms with van der Waals surface area (Å²) in [6.07, 6.45) is 1.65. The summed E-state index contributed by atoms with van der Waals surface area (Å²) in [5.41, 5.74) is 0.919. The van der Waals surface area contributed by atoms with Crippen LogP contribution >= 0.6 is 0 Å². The highest BCUT2D eigenvalue weighted by molar-refractivity contribution is 5.67. The molecule has 0 spiro atoms. The van der Waals surface area contributed by atoms with Gasteiger partial charge in [0.2, 0.25) is 0 Å². The summed E-state index contributed by atoms with van der Waals surface area (Å²) in [5.74, 6) is 2.42. The second-order valence-corrected chi connectivity index (χ2v) is 3.50. The summed E-state index contributed by atoms with van der Waals surface area (Å²) in [5, 5.41) is 0. The quantitative estimate of drug-likeness (QED) is 0.786. The van der Waals surface area contributed by atoms with Gasteiger partial charge in [-0.1, -0.05) is 0 Å². The molecule has 0 saturated heterocycles. The van der Waals surface area contributed by atoms with Crippen LogP contribution in [0.2, 0.25) is 0 Å². The third-order valence-electron chi connectivity index (χ3n) is 2.35. The summed E-state index contributed by atoms with van der Waals surface area (Å²) < 4.78 is 16.5. The van der Waals surface area contributed by atoms with E-state index in [1.165, 1.54) is 0 Å². The standard InChI is InChI=1S/C14H16O3/c1-3-15-11-7-8-14(16-4-2)12(10-11)13-6-5-9-17-13/h5-10H,3-4H2,1-2H3. The summed E-state index contributed by atoms with van der Waals surface area (Å²) >= 11 is 0. The van der Waals surface area contributed by atoms with Crippen molar-refractivity contribution in [3.8, 4) is 22.8 Å². The number of ether oxygens (including phenoxy) is 2. The largest absolute Gasteiger partial charge is 0.494 e. The molecule has 0 N–H and O–H groups in total. The van der Waals surface area contributed by atoms with Crippen molar-refractivity contribution in [3.63, 3.8) is 0 Å². The summed E-state index contributed by atoms with van der Waals surface area (Å²) in [7, 11) is 0. The lowest BCUT2D eigenvalue weighted by molar-refractivity contribution is 0.331. The zero-order valence-electron chi connectivity index (χ0n) is 10.1. The fraction of sp³-hybridized carbons (Fsp3) is 0.286. The van der Waals surface area contributed by atoms with Gasteiger partial charge >= 0.3 is 0 Å². The van der Waals surface area contributed by atoms with Gasteiger partial charge < -0.3 is 13.9 Å². The Morgan fingerprint density at radius 3 is 2.53 bits per heavy atom. The van der Waals surface area contributed by atoms with Crippen molar-refractivity contribution in [2.24, 2.45) is 0 Å². The summed E-state index contributed by atoms with van der Waals surface area (Å²) in [6, 6.07) is 9.52. The van der Waals surface area contributed by atoms with Crippen LogP contribution in [0.3, 0.4) is 0 Å². The van der Waals surface area contributed by atoms with Gasteiger partial charge in [0.05, 0.1) is 25.0 Å². The van der Waals surface area contributed by atoms with Crippen LogP contribution in [0.4, 0.5) is 0 Å². The highest BCUT2D eigenvalue weighted by atomic mass is 16.5. The third-order valence-corrected chi connectivity index (χ3v) is 2.35. The SMILES string of the molecule is CCOc1ccc(OCC)c(-c2ccco2)c1. The van der Waals surface area contributed by atoms with Crippen LogP contribution in [0.1, 0.15) is 13.8 Å². The van der Waals surface area contributed by atoms with E-state index in [0.717, 1.165) is 22.8 Å². The van der Waals surface area contributed by atoms with Gasteiger partial charge in [0, 0.05) is 0 Å². The van der Waals surface area contributed by atoms with Crippen molar-refractivity contribution in [1.82, 2.24) is 0 Å². The van der Waals surface area contributed by atoms with Gasteiger partial charge in [0.1, 0.15) is 17.3 Å². The molecular weight excluding hydrogens is 216 g/mol. The number of benzene rings is 1. The number of hydrogen-bond acceptors (Lipinski definition) is 3. The first-order chi connectivity index (χ1) is 8.35. The molecule has 0 atom stereocenters. The molecule has 1 aromatic heterocycles. The smallest absolute Gasteiger partial charge is 0.137 e. The van der Waals surface area contributed by atoms with E-state index in [1.54, 1.807) is 6.26 Å². The van der Waals surface area contributed by atoms with Gasteiger partial charge in [-0.3, -0.25) is 0 Å². The Morgan fingerprint density at radius 2 is 1.88 bits per heavy atom. The normalized spacial score (nSPS) is 10.2.